The van der Waals surface area contributed by atoms with Crippen molar-refractivity contribution in [3.05, 3.63) is 47.1 Å². The van der Waals surface area contributed by atoms with Crippen molar-refractivity contribution in [3.8, 4) is 11.4 Å². The lowest BCUT2D eigenvalue weighted by Gasteiger charge is -2.03. The second-order valence-electron chi connectivity index (χ2n) is 4.33. The molecule has 10 heteroatoms. The summed E-state index contributed by atoms with van der Waals surface area (Å²) in [7, 11) is 0. The van der Waals surface area contributed by atoms with Gasteiger partial charge in [-0.05, 0) is 48.2 Å². The van der Waals surface area contributed by atoms with Gasteiger partial charge in [0.1, 0.15) is 5.03 Å². The highest BCUT2D eigenvalue weighted by Crippen LogP contribution is 2.29. The lowest BCUT2D eigenvalue weighted by molar-refractivity contribution is -0.141. The molecule has 5 nitrogen and oxygen atoms in total. The molecule has 2 aromatic heterocycles. The summed E-state index contributed by atoms with van der Waals surface area (Å²) in [6.07, 6.45) is -4.51. The van der Waals surface area contributed by atoms with Crippen LogP contribution in [0.15, 0.2) is 46.6 Å². The van der Waals surface area contributed by atoms with Gasteiger partial charge in [-0.2, -0.15) is 13.2 Å². The van der Waals surface area contributed by atoms with Crippen LogP contribution in [0.25, 0.3) is 11.4 Å². The standard InChI is InChI=1S/C13H7ClF3N5S/c14-8-3-1-7(2-4-8)11-18-12(22-21-11)23-10-6-5-9(19-20-10)13(15,16)17/h1-6H,(H,18,21,22). The van der Waals surface area contributed by atoms with Gasteiger partial charge < -0.3 is 0 Å². The Morgan fingerprint density at radius 2 is 1.74 bits per heavy atom. The molecule has 118 valence electrons. The molecule has 0 atom stereocenters. The molecule has 0 saturated heterocycles. The van der Waals surface area contributed by atoms with E-state index in [9.17, 15) is 13.2 Å². The summed E-state index contributed by atoms with van der Waals surface area (Å²) in [5, 5.41) is 14.6. The van der Waals surface area contributed by atoms with E-state index < -0.39 is 11.9 Å². The second kappa shape index (κ2) is 6.17. The minimum Gasteiger partial charge on any atom is -0.258 e. The number of alkyl halides is 3. The van der Waals surface area contributed by atoms with Crippen molar-refractivity contribution in [3.63, 3.8) is 0 Å². The highest BCUT2D eigenvalue weighted by Gasteiger charge is 2.32. The van der Waals surface area contributed by atoms with E-state index in [1.54, 1.807) is 24.3 Å². The number of aromatic amines is 1. The second-order valence-corrected chi connectivity index (χ2v) is 5.75. The van der Waals surface area contributed by atoms with Gasteiger partial charge in [0.05, 0.1) is 0 Å². The van der Waals surface area contributed by atoms with Gasteiger partial charge >= 0.3 is 6.18 Å². The Balaban J connectivity index is 1.75. The summed E-state index contributed by atoms with van der Waals surface area (Å²) in [5.74, 6) is 0.518. The first-order chi connectivity index (χ1) is 10.9. The fraction of sp³-hybridized carbons (Fsp3) is 0.0769. The lowest BCUT2D eigenvalue weighted by atomic mass is 10.2. The zero-order valence-corrected chi connectivity index (χ0v) is 12.7. The maximum absolute atomic E-state index is 12.4. The van der Waals surface area contributed by atoms with Crippen LogP contribution in [0.3, 0.4) is 0 Å². The smallest absolute Gasteiger partial charge is 0.258 e. The van der Waals surface area contributed by atoms with Crippen molar-refractivity contribution < 1.29 is 13.2 Å². The number of nitrogens with zero attached hydrogens (tertiary/aromatic N) is 4. The van der Waals surface area contributed by atoms with Crippen LogP contribution < -0.4 is 0 Å². The number of benzene rings is 1. The number of aromatic nitrogens is 5. The predicted octanol–water partition coefficient (Wildman–Crippen LogP) is 4.09. The first kappa shape index (κ1) is 15.8. The van der Waals surface area contributed by atoms with Crippen LogP contribution in [0.1, 0.15) is 5.69 Å². The van der Waals surface area contributed by atoms with Crippen molar-refractivity contribution in [2.24, 2.45) is 0 Å². The largest absolute Gasteiger partial charge is 0.435 e. The summed E-state index contributed by atoms with van der Waals surface area (Å²) in [5.41, 5.74) is -0.258. The summed E-state index contributed by atoms with van der Waals surface area (Å²) >= 11 is 6.82. The maximum Gasteiger partial charge on any atom is 0.435 e. The third kappa shape index (κ3) is 3.80. The topological polar surface area (TPSA) is 67.3 Å². The minimum atomic E-state index is -4.51. The molecular weight excluding hydrogens is 351 g/mol. The molecule has 0 radical (unpaired) electrons. The highest BCUT2D eigenvalue weighted by molar-refractivity contribution is 7.99. The van der Waals surface area contributed by atoms with Gasteiger partial charge in [0.25, 0.3) is 0 Å². The van der Waals surface area contributed by atoms with Crippen molar-refractivity contribution in [1.29, 1.82) is 0 Å². The van der Waals surface area contributed by atoms with Crippen molar-refractivity contribution in [2.45, 2.75) is 16.4 Å². The average molecular weight is 358 g/mol. The van der Waals surface area contributed by atoms with Gasteiger partial charge in [-0.1, -0.05) is 11.6 Å². The summed E-state index contributed by atoms with van der Waals surface area (Å²) in [6, 6.07) is 9.06. The Morgan fingerprint density at radius 1 is 1.00 bits per heavy atom. The van der Waals surface area contributed by atoms with Crippen molar-refractivity contribution in [2.75, 3.05) is 0 Å². The van der Waals surface area contributed by atoms with Crippen LogP contribution in [-0.2, 0) is 6.18 Å². The van der Waals surface area contributed by atoms with Gasteiger partial charge in [-0.3, -0.25) is 5.10 Å². The zero-order valence-electron chi connectivity index (χ0n) is 11.2. The van der Waals surface area contributed by atoms with Crippen LogP contribution in [0.2, 0.25) is 5.02 Å². The summed E-state index contributed by atoms with van der Waals surface area (Å²) in [4.78, 5) is 4.24. The Morgan fingerprint density at radius 3 is 2.35 bits per heavy atom. The molecule has 2 heterocycles. The number of nitrogens with one attached hydrogen (secondary N) is 1. The molecule has 1 aromatic carbocycles. The molecular formula is C13H7ClF3N5S. The normalized spacial score (nSPS) is 11.7. The van der Waals surface area contributed by atoms with Crippen molar-refractivity contribution >= 4 is 23.4 Å². The quantitative estimate of drug-likeness (QED) is 0.764. The van der Waals surface area contributed by atoms with Crippen LogP contribution in [0.5, 0.6) is 0 Å². The number of halogens is 4. The zero-order chi connectivity index (χ0) is 16.4. The molecule has 0 saturated carbocycles. The van der Waals surface area contributed by atoms with Gasteiger partial charge in [-0.15, -0.1) is 15.3 Å². The molecule has 0 fully saturated rings. The van der Waals surface area contributed by atoms with E-state index in [1.165, 1.54) is 6.07 Å². The predicted molar refractivity (Wildman–Crippen MR) is 78.0 cm³/mol. The Labute approximate surface area is 137 Å². The van der Waals surface area contributed by atoms with Crippen LogP contribution in [0, 0.1) is 0 Å². The lowest BCUT2D eigenvalue weighted by Crippen LogP contribution is -2.08. The Kier molecular flexibility index (Phi) is 4.22. The van der Waals surface area contributed by atoms with E-state index in [4.69, 9.17) is 11.6 Å². The van der Waals surface area contributed by atoms with Gasteiger partial charge in [0.2, 0.25) is 5.16 Å². The molecule has 23 heavy (non-hydrogen) atoms. The number of hydrogen-bond acceptors (Lipinski definition) is 5. The fourth-order valence-electron chi connectivity index (χ4n) is 1.65. The van der Waals surface area contributed by atoms with Gasteiger partial charge in [0, 0.05) is 10.6 Å². The molecule has 0 unspecified atom stereocenters. The van der Waals surface area contributed by atoms with Crippen LogP contribution >= 0.6 is 23.4 Å². The SMILES string of the molecule is FC(F)(F)c1ccc(Sc2n[nH]c(-c3ccc(Cl)cc3)n2)nn1. The third-order valence-electron chi connectivity index (χ3n) is 2.71. The average Bonchev–Trinajstić information content (AvgIpc) is 2.96. The van der Waals surface area contributed by atoms with E-state index in [0.29, 0.717) is 16.0 Å². The Bertz CT molecular complexity index is 802. The van der Waals surface area contributed by atoms with E-state index >= 15 is 0 Å². The van der Waals surface area contributed by atoms with E-state index in [1.807, 2.05) is 0 Å². The van der Waals surface area contributed by atoms with Crippen molar-refractivity contribution in [1.82, 2.24) is 25.4 Å². The molecule has 0 aliphatic rings. The summed E-state index contributed by atoms with van der Waals surface area (Å²) < 4.78 is 37.3. The molecule has 1 N–H and O–H groups in total. The molecule has 0 aliphatic carbocycles. The van der Waals surface area contributed by atoms with E-state index in [0.717, 1.165) is 23.4 Å². The van der Waals surface area contributed by atoms with E-state index in [2.05, 4.69) is 25.4 Å². The Hall–Kier alpha value is -2.13. The first-order valence-corrected chi connectivity index (χ1v) is 7.38. The third-order valence-corrected chi connectivity index (χ3v) is 3.75. The number of hydrogen-bond donors (Lipinski definition) is 1. The molecule has 0 amide bonds. The molecule has 3 rings (SSSR count). The van der Waals surface area contributed by atoms with Crippen LogP contribution in [-0.4, -0.2) is 25.4 Å². The first-order valence-electron chi connectivity index (χ1n) is 6.19. The fourth-order valence-corrected chi connectivity index (χ4v) is 2.41. The number of H-pyrrole nitrogens is 1. The van der Waals surface area contributed by atoms with Gasteiger partial charge in [0.15, 0.2) is 11.5 Å². The number of rotatable bonds is 3. The molecule has 0 spiro atoms. The van der Waals surface area contributed by atoms with Crippen LogP contribution in [0.4, 0.5) is 13.2 Å². The molecule has 0 bridgehead atoms. The molecule has 3 aromatic rings. The van der Waals surface area contributed by atoms with Gasteiger partial charge in [-0.25, -0.2) is 4.98 Å². The maximum atomic E-state index is 12.4. The monoisotopic (exact) mass is 357 g/mol. The van der Waals surface area contributed by atoms with E-state index in [-0.39, 0.29) is 5.03 Å². The highest BCUT2D eigenvalue weighted by atomic mass is 35.5. The summed E-state index contributed by atoms with van der Waals surface area (Å²) in [6.45, 7) is 0. The minimum absolute atomic E-state index is 0.264. The molecule has 0 aliphatic heterocycles.